The van der Waals surface area contributed by atoms with Crippen molar-refractivity contribution in [3.63, 3.8) is 0 Å². The lowest BCUT2D eigenvalue weighted by Gasteiger charge is -2.56. The molecule has 0 N–H and O–H groups in total. The van der Waals surface area contributed by atoms with Crippen LogP contribution in [-0.4, -0.2) is 17.9 Å². The number of carbonyl (C=O) groups excluding carboxylic acids is 2. The fourth-order valence-electron chi connectivity index (χ4n) is 7.70. The van der Waals surface area contributed by atoms with Gasteiger partial charge in [-0.2, -0.15) is 0 Å². The molecule has 130 valence electrons. The number of hydrogen-bond donors (Lipinski definition) is 0. The van der Waals surface area contributed by atoms with Crippen molar-refractivity contribution in [3.8, 4) is 0 Å². The number of ether oxygens (including phenoxy) is 1. The van der Waals surface area contributed by atoms with Gasteiger partial charge in [0.25, 0.3) is 0 Å². The normalized spacial score (nSPS) is 52.8. The molecule has 5 aliphatic rings. The first-order valence-electron chi connectivity index (χ1n) is 9.92. The molecule has 1 spiro atoms. The zero-order valence-corrected chi connectivity index (χ0v) is 14.8. The highest BCUT2D eigenvalue weighted by molar-refractivity contribution is 5.91. The summed E-state index contributed by atoms with van der Waals surface area (Å²) < 4.78 is 5.72. The van der Waals surface area contributed by atoms with E-state index in [1.807, 2.05) is 6.08 Å². The highest BCUT2D eigenvalue weighted by Crippen LogP contribution is 2.69. The molecule has 4 aliphatic carbocycles. The number of fused-ring (bicyclic) bond motifs is 4. The van der Waals surface area contributed by atoms with Crippen molar-refractivity contribution in [1.82, 2.24) is 0 Å². The van der Waals surface area contributed by atoms with Crippen LogP contribution in [0.4, 0.5) is 0 Å². The average Bonchev–Trinajstić information content (AvgIpc) is 3.05. The molecule has 3 heteroatoms. The zero-order chi connectivity index (χ0) is 16.7. The molecule has 0 amide bonds. The summed E-state index contributed by atoms with van der Waals surface area (Å²) in [5.41, 5.74) is 1.45. The molecule has 3 nitrogen and oxygen atoms in total. The van der Waals surface area contributed by atoms with Crippen molar-refractivity contribution in [2.75, 3.05) is 0 Å². The van der Waals surface area contributed by atoms with E-state index in [2.05, 4.69) is 13.8 Å². The summed E-state index contributed by atoms with van der Waals surface area (Å²) in [5.74, 6) is 2.72. The minimum Gasteiger partial charge on any atom is -0.462 e. The minimum atomic E-state index is -0.164. The molecule has 0 unspecified atom stereocenters. The topological polar surface area (TPSA) is 43.4 Å². The number of esters is 1. The molecule has 0 aromatic carbocycles. The fraction of sp³-hybridized carbons (Fsp3) is 0.810. The van der Waals surface area contributed by atoms with Crippen molar-refractivity contribution in [3.05, 3.63) is 11.6 Å². The molecule has 5 rings (SSSR count). The summed E-state index contributed by atoms with van der Waals surface area (Å²) in [7, 11) is 0. The maximum absolute atomic E-state index is 12.8. The van der Waals surface area contributed by atoms with Crippen LogP contribution in [0.25, 0.3) is 0 Å². The summed E-state index contributed by atoms with van der Waals surface area (Å²) in [6, 6.07) is 0. The van der Waals surface area contributed by atoms with Crippen molar-refractivity contribution < 1.29 is 14.3 Å². The van der Waals surface area contributed by atoms with Gasteiger partial charge in [0, 0.05) is 12.3 Å². The van der Waals surface area contributed by atoms with E-state index in [1.165, 1.54) is 24.8 Å². The maximum Gasteiger partial charge on any atom is 0.313 e. The standard InChI is InChI=1S/C21H28O3/c1-12-16-5-6-18-15-4-3-13-11-14(22)7-9-20(13,2)17(15)8-10-21(16,18)19(23)24-12/h11-12,15-18H,3-10H2,1-2H3/t12-,15+,16+,17-,18-,20-,21-/m0/s1. The molecule has 1 aliphatic heterocycles. The molecular weight excluding hydrogens is 300 g/mol. The second-order valence-electron chi connectivity index (χ2n) is 9.34. The van der Waals surface area contributed by atoms with Gasteiger partial charge in [-0.3, -0.25) is 9.59 Å². The Labute approximate surface area is 144 Å². The SMILES string of the molecule is C[C@@H]1OC(=O)[C@]23CC[C@H]4[C@@H](CCC5=CC(=O)CC[C@@]54C)[C@@H]2CC[C@H]13. The third kappa shape index (κ3) is 1.64. The van der Waals surface area contributed by atoms with E-state index in [0.717, 1.165) is 25.7 Å². The van der Waals surface area contributed by atoms with Crippen LogP contribution in [0.1, 0.15) is 65.2 Å². The predicted molar refractivity (Wildman–Crippen MR) is 90.1 cm³/mol. The van der Waals surface area contributed by atoms with Crippen LogP contribution in [0.3, 0.4) is 0 Å². The van der Waals surface area contributed by atoms with Crippen LogP contribution in [0.15, 0.2) is 11.6 Å². The highest BCUT2D eigenvalue weighted by Gasteiger charge is 2.68. The van der Waals surface area contributed by atoms with Crippen molar-refractivity contribution >= 4 is 11.8 Å². The first-order chi connectivity index (χ1) is 11.5. The van der Waals surface area contributed by atoms with Crippen LogP contribution < -0.4 is 0 Å². The van der Waals surface area contributed by atoms with Crippen LogP contribution in [0.2, 0.25) is 0 Å². The van der Waals surface area contributed by atoms with E-state index in [4.69, 9.17) is 4.74 Å². The summed E-state index contributed by atoms with van der Waals surface area (Å²) >= 11 is 0. The first kappa shape index (κ1) is 15.2. The molecule has 0 aromatic heterocycles. The Balaban J connectivity index is 1.53. The molecular formula is C21H28O3. The molecule has 1 heterocycles. The Hall–Kier alpha value is -1.12. The Kier molecular flexibility index (Phi) is 2.99. The Bertz CT molecular complexity index is 649. The second-order valence-corrected chi connectivity index (χ2v) is 9.34. The van der Waals surface area contributed by atoms with E-state index >= 15 is 0 Å². The molecule has 3 saturated carbocycles. The Morgan fingerprint density at radius 1 is 1.00 bits per heavy atom. The minimum absolute atomic E-state index is 0.112. The van der Waals surface area contributed by atoms with Gasteiger partial charge in [-0.05, 0) is 81.1 Å². The Morgan fingerprint density at radius 3 is 2.62 bits per heavy atom. The van der Waals surface area contributed by atoms with Gasteiger partial charge >= 0.3 is 5.97 Å². The van der Waals surface area contributed by atoms with Crippen molar-refractivity contribution in [1.29, 1.82) is 0 Å². The number of allylic oxidation sites excluding steroid dienone is 1. The quantitative estimate of drug-likeness (QED) is 0.630. The third-order valence-corrected chi connectivity index (χ3v) is 8.78. The van der Waals surface area contributed by atoms with Crippen LogP contribution in [-0.2, 0) is 14.3 Å². The van der Waals surface area contributed by atoms with E-state index in [0.29, 0.717) is 35.9 Å². The second kappa shape index (κ2) is 4.74. The molecule has 24 heavy (non-hydrogen) atoms. The molecule has 1 saturated heterocycles. The zero-order valence-electron chi connectivity index (χ0n) is 14.8. The average molecular weight is 328 g/mol. The predicted octanol–water partition coefficient (Wildman–Crippen LogP) is 4.06. The molecule has 4 fully saturated rings. The van der Waals surface area contributed by atoms with Gasteiger partial charge in [0.1, 0.15) is 6.10 Å². The smallest absolute Gasteiger partial charge is 0.313 e. The maximum atomic E-state index is 12.8. The monoisotopic (exact) mass is 328 g/mol. The summed E-state index contributed by atoms with van der Waals surface area (Å²) in [6.45, 7) is 4.50. The number of hydrogen-bond acceptors (Lipinski definition) is 3. The summed E-state index contributed by atoms with van der Waals surface area (Å²) in [4.78, 5) is 24.7. The van der Waals surface area contributed by atoms with Gasteiger partial charge in [0.15, 0.2) is 5.78 Å². The number of ketones is 1. The van der Waals surface area contributed by atoms with E-state index < -0.39 is 0 Å². The van der Waals surface area contributed by atoms with Gasteiger partial charge in [-0.1, -0.05) is 12.5 Å². The van der Waals surface area contributed by atoms with Crippen molar-refractivity contribution in [2.45, 2.75) is 71.3 Å². The van der Waals surface area contributed by atoms with E-state index in [1.54, 1.807) is 0 Å². The van der Waals surface area contributed by atoms with Gasteiger partial charge in [0.05, 0.1) is 5.41 Å². The highest BCUT2D eigenvalue weighted by atomic mass is 16.6. The Morgan fingerprint density at radius 2 is 1.79 bits per heavy atom. The lowest BCUT2D eigenvalue weighted by atomic mass is 9.46. The molecule has 0 aromatic rings. The van der Waals surface area contributed by atoms with Gasteiger partial charge in [0.2, 0.25) is 0 Å². The molecule has 7 atom stereocenters. The summed E-state index contributed by atoms with van der Waals surface area (Å²) in [5, 5.41) is 0. The van der Waals surface area contributed by atoms with Crippen LogP contribution >= 0.6 is 0 Å². The lowest BCUT2D eigenvalue weighted by Crippen LogP contribution is -2.52. The molecule has 0 bridgehead atoms. The van der Waals surface area contributed by atoms with E-state index in [-0.39, 0.29) is 22.9 Å². The largest absolute Gasteiger partial charge is 0.462 e. The fourth-order valence-corrected chi connectivity index (χ4v) is 7.70. The van der Waals surface area contributed by atoms with Crippen LogP contribution in [0, 0.1) is 34.5 Å². The van der Waals surface area contributed by atoms with Gasteiger partial charge in [-0.15, -0.1) is 0 Å². The molecule has 0 radical (unpaired) electrons. The van der Waals surface area contributed by atoms with Gasteiger partial charge < -0.3 is 4.74 Å². The van der Waals surface area contributed by atoms with Crippen LogP contribution in [0.5, 0.6) is 0 Å². The van der Waals surface area contributed by atoms with Crippen molar-refractivity contribution in [2.24, 2.45) is 34.5 Å². The third-order valence-electron chi connectivity index (χ3n) is 8.78. The van der Waals surface area contributed by atoms with E-state index in [9.17, 15) is 9.59 Å². The van der Waals surface area contributed by atoms with Gasteiger partial charge in [-0.25, -0.2) is 0 Å². The number of carbonyl (C=O) groups is 2. The number of rotatable bonds is 0. The first-order valence-corrected chi connectivity index (χ1v) is 9.92. The number of cyclic esters (lactones) is 1. The lowest BCUT2D eigenvalue weighted by molar-refractivity contribution is -0.157. The summed E-state index contributed by atoms with van der Waals surface area (Å²) in [6.07, 6.45) is 10.6.